The molecule has 0 spiro atoms. The Balaban J connectivity index is 1.82. The van der Waals surface area contributed by atoms with Crippen molar-refractivity contribution >= 4 is 0 Å². The zero-order valence-corrected chi connectivity index (χ0v) is 14.1. The summed E-state index contributed by atoms with van der Waals surface area (Å²) in [6.07, 6.45) is 0. The Kier molecular flexibility index (Phi) is 5.11. The predicted octanol–water partition coefficient (Wildman–Crippen LogP) is 1.51. The fourth-order valence-corrected chi connectivity index (χ4v) is 3.39. The van der Waals surface area contributed by atoms with E-state index in [0.717, 1.165) is 26.3 Å². The number of nitrogens with zero attached hydrogens (tertiary/aromatic N) is 3. The minimum atomic E-state index is 0.258. The Morgan fingerprint density at radius 3 is 1.80 bits per heavy atom. The lowest BCUT2D eigenvalue weighted by molar-refractivity contribution is -0.0302. The van der Waals surface area contributed by atoms with E-state index in [9.17, 15) is 0 Å². The van der Waals surface area contributed by atoms with Gasteiger partial charge in [0, 0.05) is 56.9 Å². The standard InChI is InChI=1S/C16H33N3O/c1-15(2,3)18-8-6-17(7-9-18)14-16(4,5)19-10-12-20-13-11-19/h6-14H2,1-5H3. The predicted molar refractivity (Wildman–Crippen MR) is 84.2 cm³/mol. The van der Waals surface area contributed by atoms with Crippen LogP contribution < -0.4 is 0 Å². The molecule has 0 atom stereocenters. The smallest absolute Gasteiger partial charge is 0.0594 e. The minimum absolute atomic E-state index is 0.258. The first kappa shape index (κ1) is 16.2. The summed E-state index contributed by atoms with van der Waals surface area (Å²) >= 11 is 0. The number of hydrogen-bond acceptors (Lipinski definition) is 4. The maximum Gasteiger partial charge on any atom is 0.0594 e. The van der Waals surface area contributed by atoms with Gasteiger partial charge in [-0.1, -0.05) is 0 Å². The number of ether oxygens (including phenoxy) is 1. The van der Waals surface area contributed by atoms with E-state index in [0.29, 0.717) is 5.54 Å². The summed E-state index contributed by atoms with van der Waals surface area (Å²) in [5, 5.41) is 0. The van der Waals surface area contributed by atoms with E-state index < -0.39 is 0 Å². The van der Waals surface area contributed by atoms with Crippen molar-refractivity contribution in [2.24, 2.45) is 0 Å². The molecule has 4 nitrogen and oxygen atoms in total. The number of rotatable bonds is 3. The maximum absolute atomic E-state index is 5.47. The fraction of sp³-hybridized carbons (Fsp3) is 1.00. The number of piperazine rings is 1. The van der Waals surface area contributed by atoms with Gasteiger partial charge in [-0.3, -0.25) is 14.7 Å². The van der Waals surface area contributed by atoms with E-state index in [1.165, 1.54) is 32.7 Å². The van der Waals surface area contributed by atoms with Crippen LogP contribution in [0.3, 0.4) is 0 Å². The first-order chi connectivity index (χ1) is 9.29. The Hall–Kier alpha value is -0.160. The Morgan fingerprint density at radius 2 is 1.30 bits per heavy atom. The van der Waals surface area contributed by atoms with Crippen LogP contribution in [-0.2, 0) is 4.74 Å². The molecule has 0 radical (unpaired) electrons. The Labute approximate surface area is 125 Å². The lowest BCUT2D eigenvalue weighted by Crippen LogP contribution is -2.59. The molecule has 2 fully saturated rings. The molecule has 0 saturated carbocycles. The summed E-state index contributed by atoms with van der Waals surface area (Å²) in [4.78, 5) is 7.83. The van der Waals surface area contributed by atoms with Crippen molar-refractivity contribution in [2.45, 2.75) is 45.7 Å². The summed E-state index contributed by atoms with van der Waals surface area (Å²) in [7, 11) is 0. The first-order valence-corrected chi connectivity index (χ1v) is 8.09. The van der Waals surface area contributed by atoms with Crippen LogP contribution in [-0.4, -0.2) is 84.8 Å². The van der Waals surface area contributed by atoms with E-state index >= 15 is 0 Å². The van der Waals surface area contributed by atoms with Crippen LogP contribution >= 0.6 is 0 Å². The Bertz CT molecular complexity index is 297. The molecule has 0 bridgehead atoms. The summed E-state index contributed by atoms with van der Waals surface area (Å²) in [6, 6.07) is 0. The van der Waals surface area contributed by atoms with Gasteiger partial charge in [0.1, 0.15) is 0 Å². The van der Waals surface area contributed by atoms with Gasteiger partial charge in [0.2, 0.25) is 0 Å². The molecule has 2 rings (SSSR count). The molecule has 0 aliphatic carbocycles. The van der Waals surface area contributed by atoms with E-state index in [1.54, 1.807) is 0 Å². The van der Waals surface area contributed by atoms with Gasteiger partial charge in [-0.15, -0.1) is 0 Å². The molecule has 0 aromatic carbocycles. The highest BCUT2D eigenvalue weighted by Gasteiger charge is 2.32. The van der Waals surface area contributed by atoms with Crippen LogP contribution in [0.1, 0.15) is 34.6 Å². The molecule has 2 saturated heterocycles. The second-order valence-electron chi connectivity index (χ2n) is 7.85. The van der Waals surface area contributed by atoms with Crippen molar-refractivity contribution in [2.75, 3.05) is 59.0 Å². The highest BCUT2D eigenvalue weighted by Crippen LogP contribution is 2.21. The molecular formula is C16H33N3O. The van der Waals surface area contributed by atoms with Crippen molar-refractivity contribution in [3.05, 3.63) is 0 Å². The van der Waals surface area contributed by atoms with Gasteiger partial charge >= 0.3 is 0 Å². The third kappa shape index (κ3) is 4.17. The average Bonchev–Trinajstić information content (AvgIpc) is 2.39. The molecule has 0 aromatic rings. The van der Waals surface area contributed by atoms with Crippen molar-refractivity contribution in [1.82, 2.24) is 14.7 Å². The van der Waals surface area contributed by atoms with Crippen LogP contribution in [0.25, 0.3) is 0 Å². The van der Waals surface area contributed by atoms with Gasteiger partial charge in [0.15, 0.2) is 0 Å². The average molecular weight is 283 g/mol. The normalized spacial score (nSPS) is 25.1. The third-order valence-corrected chi connectivity index (χ3v) is 4.80. The Morgan fingerprint density at radius 1 is 0.750 bits per heavy atom. The molecular weight excluding hydrogens is 250 g/mol. The highest BCUT2D eigenvalue weighted by molar-refractivity contribution is 4.89. The lowest BCUT2D eigenvalue weighted by atomic mass is 10.00. The van der Waals surface area contributed by atoms with Crippen LogP contribution in [0.2, 0.25) is 0 Å². The molecule has 2 aliphatic rings. The van der Waals surface area contributed by atoms with Crippen LogP contribution in [0.4, 0.5) is 0 Å². The highest BCUT2D eigenvalue weighted by atomic mass is 16.5. The summed E-state index contributed by atoms with van der Waals surface area (Å²) in [5.41, 5.74) is 0.569. The molecule has 0 aromatic heterocycles. The topological polar surface area (TPSA) is 19.0 Å². The summed E-state index contributed by atoms with van der Waals surface area (Å²) in [6.45, 7) is 21.6. The van der Waals surface area contributed by atoms with Gasteiger partial charge in [-0.05, 0) is 34.6 Å². The quantitative estimate of drug-likeness (QED) is 0.781. The number of morpholine rings is 1. The molecule has 2 heterocycles. The molecule has 4 heteroatoms. The second-order valence-corrected chi connectivity index (χ2v) is 7.85. The van der Waals surface area contributed by atoms with E-state index in [4.69, 9.17) is 4.74 Å². The third-order valence-electron chi connectivity index (χ3n) is 4.80. The molecule has 118 valence electrons. The van der Waals surface area contributed by atoms with Gasteiger partial charge in [-0.25, -0.2) is 0 Å². The van der Waals surface area contributed by atoms with Crippen LogP contribution in [0.15, 0.2) is 0 Å². The van der Waals surface area contributed by atoms with E-state index in [-0.39, 0.29) is 5.54 Å². The molecule has 20 heavy (non-hydrogen) atoms. The largest absolute Gasteiger partial charge is 0.379 e. The van der Waals surface area contributed by atoms with Crippen LogP contribution in [0.5, 0.6) is 0 Å². The molecule has 0 amide bonds. The zero-order valence-electron chi connectivity index (χ0n) is 14.1. The molecule has 0 unspecified atom stereocenters. The van der Waals surface area contributed by atoms with Gasteiger partial charge in [0.05, 0.1) is 13.2 Å². The minimum Gasteiger partial charge on any atom is -0.379 e. The van der Waals surface area contributed by atoms with E-state index in [2.05, 4.69) is 49.3 Å². The lowest BCUT2D eigenvalue weighted by Gasteiger charge is -2.47. The monoisotopic (exact) mass is 283 g/mol. The van der Waals surface area contributed by atoms with Crippen molar-refractivity contribution in [3.8, 4) is 0 Å². The van der Waals surface area contributed by atoms with Gasteiger partial charge in [0.25, 0.3) is 0 Å². The fourth-order valence-electron chi connectivity index (χ4n) is 3.39. The first-order valence-electron chi connectivity index (χ1n) is 8.09. The zero-order chi connectivity index (χ0) is 14.8. The second kappa shape index (κ2) is 6.30. The molecule has 0 N–H and O–H groups in total. The molecule has 2 aliphatic heterocycles. The SMILES string of the molecule is CC(C)(C)N1CCN(CC(C)(C)N2CCOCC2)CC1. The van der Waals surface area contributed by atoms with E-state index in [1.807, 2.05) is 0 Å². The van der Waals surface area contributed by atoms with Crippen LogP contribution in [0, 0.1) is 0 Å². The van der Waals surface area contributed by atoms with Gasteiger partial charge < -0.3 is 4.74 Å². The number of hydrogen-bond donors (Lipinski definition) is 0. The van der Waals surface area contributed by atoms with Crippen molar-refractivity contribution in [1.29, 1.82) is 0 Å². The summed E-state index contributed by atoms with van der Waals surface area (Å²) in [5.74, 6) is 0. The van der Waals surface area contributed by atoms with Crippen molar-refractivity contribution in [3.63, 3.8) is 0 Å². The van der Waals surface area contributed by atoms with Gasteiger partial charge in [-0.2, -0.15) is 0 Å². The summed E-state index contributed by atoms with van der Waals surface area (Å²) < 4.78 is 5.47. The van der Waals surface area contributed by atoms with Crippen molar-refractivity contribution < 1.29 is 4.74 Å². The maximum atomic E-state index is 5.47.